The molecule has 5 rings (SSSR count). The number of fused-ring (bicyclic) bond motifs is 1. The van der Waals surface area contributed by atoms with Crippen molar-refractivity contribution in [3.8, 4) is 17.0 Å². The third-order valence-corrected chi connectivity index (χ3v) is 6.99. The molecule has 38 heavy (non-hydrogen) atoms. The van der Waals surface area contributed by atoms with E-state index in [1.165, 1.54) is 0 Å². The fraction of sp³-hybridized carbons (Fsp3) is 0.0333. The van der Waals surface area contributed by atoms with Gasteiger partial charge in [-0.3, -0.25) is 4.79 Å². The van der Waals surface area contributed by atoms with E-state index in [1.54, 1.807) is 12.3 Å². The van der Waals surface area contributed by atoms with E-state index in [-0.39, 0.29) is 5.91 Å². The predicted molar refractivity (Wildman–Crippen MR) is 160 cm³/mol. The number of carbonyl (C=O) groups is 1. The summed E-state index contributed by atoms with van der Waals surface area (Å²) in [6.45, 7) is 0.319. The Balaban J connectivity index is 1.40. The molecule has 8 heteroatoms. The number of hydrogen-bond acceptors (Lipinski definition) is 4. The van der Waals surface area contributed by atoms with Crippen molar-refractivity contribution in [2.75, 3.05) is 0 Å². The SMILES string of the molecule is O=C(N/N=C\c1cc(Br)cc(Br)c1OCc1cccc(Cl)c1)c1cc(-c2ccccc2)nc2ccccc12. The summed E-state index contributed by atoms with van der Waals surface area (Å²) in [5, 5.41) is 5.64. The fourth-order valence-corrected chi connectivity index (χ4v) is 5.54. The normalized spacial score (nSPS) is 11.1. The molecule has 0 aliphatic rings. The maximum absolute atomic E-state index is 13.3. The Morgan fingerprint density at radius 1 is 0.947 bits per heavy atom. The Bertz CT molecular complexity index is 1660. The van der Waals surface area contributed by atoms with Crippen molar-refractivity contribution in [2.24, 2.45) is 5.10 Å². The van der Waals surface area contributed by atoms with Crippen molar-refractivity contribution in [2.45, 2.75) is 6.61 Å². The minimum atomic E-state index is -0.340. The highest BCUT2D eigenvalue weighted by Crippen LogP contribution is 2.33. The second-order valence-corrected chi connectivity index (χ2v) is 10.6. The number of benzene rings is 4. The number of hydrogen-bond donors (Lipinski definition) is 1. The van der Waals surface area contributed by atoms with Crippen LogP contribution in [0.2, 0.25) is 5.02 Å². The fourth-order valence-electron chi connectivity index (χ4n) is 3.95. The third kappa shape index (κ3) is 6.13. The predicted octanol–water partition coefficient (Wildman–Crippen LogP) is 8.42. The molecule has 0 bridgehead atoms. The summed E-state index contributed by atoms with van der Waals surface area (Å²) in [7, 11) is 0. The number of halogens is 3. The summed E-state index contributed by atoms with van der Waals surface area (Å²) in [6.07, 6.45) is 1.56. The molecule has 1 N–H and O–H groups in total. The summed E-state index contributed by atoms with van der Waals surface area (Å²) >= 11 is 13.2. The van der Waals surface area contributed by atoms with Gasteiger partial charge < -0.3 is 4.74 Å². The van der Waals surface area contributed by atoms with Crippen LogP contribution in [0.3, 0.4) is 0 Å². The summed E-state index contributed by atoms with van der Waals surface area (Å²) in [5.41, 5.74) is 7.14. The molecule has 0 aliphatic heterocycles. The standard InChI is InChI=1S/C30H20Br2ClN3O2/c31-22-14-21(29(26(32)15-22)38-18-19-7-6-10-23(33)13-19)17-34-36-30(37)25-16-28(20-8-2-1-3-9-20)35-27-12-5-4-11-24(25)27/h1-17H,18H2,(H,36,37)/b34-17-. The largest absolute Gasteiger partial charge is 0.487 e. The first-order chi connectivity index (χ1) is 18.5. The van der Waals surface area contributed by atoms with Gasteiger partial charge in [0.1, 0.15) is 12.4 Å². The minimum Gasteiger partial charge on any atom is -0.487 e. The molecule has 5 nitrogen and oxygen atoms in total. The Labute approximate surface area is 241 Å². The van der Waals surface area contributed by atoms with Gasteiger partial charge in [-0.1, -0.05) is 88.2 Å². The molecule has 0 radical (unpaired) electrons. The van der Waals surface area contributed by atoms with Crippen LogP contribution in [0.4, 0.5) is 0 Å². The lowest BCUT2D eigenvalue weighted by Gasteiger charge is -2.12. The highest BCUT2D eigenvalue weighted by molar-refractivity contribution is 9.11. The van der Waals surface area contributed by atoms with Crippen LogP contribution in [0.15, 0.2) is 111 Å². The van der Waals surface area contributed by atoms with Crippen LogP contribution in [-0.2, 0) is 6.61 Å². The molecule has 0 unspecified atom stereocenters. The minimum absolute atomic E-state index is 0.319. The molecule has 5 aromatic rings. The molecular formula is C30H20Br2ClN3O2. The Kier molecular flexibility index (Phi) is 8.17. The monoisotopic (exact) mass is 647 g/mol. The summed E-state index contributed by atoms with van der Waals surface area (Å²) < 4.78 is 7.67. The second-order valence-electron chi connectivity index (χ2n) is 8.36. The molecule has 188 valence electrons. The molecule has 0 fully saturated rings. The van der Waals surface area contributed by atoms with Crippen LogP contribution >= 0.6 is 43.5 Å². The van der Waals surface area contributed by atoms with Gasteiger partial charge in [0.25, 0.3) is 5.91 Å². The number of para-hydroxylation sites is 1. The van der Waals surface area contributed by atoms with Gasteiger partial charge in [-0.25, -0.2) is 10.4 Å². The molecule has 1 amide bonds. The van der Waals surface area contributed by atoms with Crippen molar-refractivity contribution in [1.82, 2.24) is 10.4 Å². The van der Waals surface area contributed by atoms with E-state index in [1.807, 2.05) is 91.0 Å². The van der Waals surface area contributed by atoms with Crippen LogP contribution in [0.1, 0.15) is 21.5 Å². The highest BCUT2D eigenvalue weighted by Gasteiger charge is 2.14. The van der Waals surface area contributed by atoms with Gasteiger partial charge in [0.15, 0.2) is 0 Å². The van der Waals surface area contributed by atoms with Crippen LogP contribution < -0.4 is 10.2 Å². The lowest BCUT2D eigenvalue weighted by Crippen LogP contribution is -2.18. The van der Waals surface area contributed by atoms with Gasteiger partial charge >= 0.3 is 0 Å². The molecule has 4 aromatic carbocycles. The maximum atomic E-state index is 13.3. The number of aromatic nitrogens is 1. The average molecular weight is 650 g/mol. The topological polar surface area (TPSA) is 63.6 Å². The summed E-state index contributed by atoms with van der Waals surface area (Å²) in [6, 6.07) is 30.3. The third-order valence-electron chi connectivity index (χ3n) is 5.71. The molecule has 0 saturated heterocycles. The van der Waals surface area contributed by atoms with E-state index in [0.717, 1.165) is 31.0 Å². The number of rotatable bonds is 7. The molecule has 1 heterocycles. The van der Waals surface area contributed by atoms with Crippen molar-refractivity contribution >= 4 is 66.5 Å². The first-order valence-electron chi connectivity index (χ1n) is 11.6. The molecule has 0 atom stereocenters. The van der Waals surface area contributed by atoms with E-state index in [9.17, 15) is 4.79 Å². The summed E-state index contributed by atoms with van der Waals surface area (Å²) in [4.78, 5) is 18.0. The highest BCUT2D eigenvalue weighted by atomic mass is 79.9. The molecule has 0 spiro atoms. The van der Waals surface area contributed by atoms with E-state index in [2.05, 4.69) is 42.4 Å². The Hall–Kier alpha value is -3.52. The van der Waals surface area contributed by atoms with Gasteiger partial charge in [0.05, 0.1) is 27.5 Å². The Morgan fingerprint density at radius 3 is 2.55 bits per heavy atom. The second kappa shape index (κ2) is 11.9. The van der Waals surface area contributed by atoms with Gasteiger partial charge in [-0.15, -0.1) is 0 Å². The van der Waals surface area contributed by atoms with Crippen molar-refractivity contribution in [1.29, 1.82) is 0 Å². The zero-order valence-corrected chi connectivity index (χ0v) is 23.8. The number of hydrazone groups is 1. The number of nitrogens with zero attached hydrogens (tertiary/aromatic N) is 2. The lowest BCUT2D eigenvalue weighted by atomic mass is 10.0. The van der Waals surface area contributed by atoms with E-state index in [4.69, 9.17) is 21.3 Å². The lowest BCUT2D eigenvalue weighted by molar-refractivity contribution is 0.0956. The van der Waals surface area contributed by atoms with Crippen LogP contribution in [0, 0.1) is 0 Å². The number of nitrogens with one attached hydrogen (secondary N) is 1. The smallest absolute Gasteiger partial charge is 0.272 e. The van der Waals surface area contributed by atoms with E-state index in [0.29, 0.717) is 34.2 Å². The Morgan fingerprint density at radius 2 is 1.74 bits per heavy atom. The van der Waals surface area contributed by atoms with Gasteiger partial charge in [-0.05, 0) is 57.9 Å². The quantitative estimate of drug-likeness (QED) is 0.142. The first kappa shape index (κ1) is 26.1. The number of carbonyl (C=O) groups excluding carboxylic acids is 1. The van der Waals surface area contributed by atoms with Crippen molar-refractivity contribution in [3.05, 3.63) is 128 Å². The van der Waals surface area contributed by atoms with Crippen molar-refractivity contribution < 1.29 is 9.53 Å². The summed E-state index contributed by atoms with van der Waals surface area (Å²) in [5.74, 6) is 0.249. The van der Waals surface area contributed by atoms with Gasteiger partial charge in [0.2, 0.25) is 0 Å². The number of pyridine rings is 1. The average Bonchev–Trinajstić information content (AvgIpc) is 2.92. The van der Waals surface area contributed by atoms with Gasteiger partial charge in [-0.2, -0.15) is 5.10 Å². The van der Waals surface area contributed by atoms with E-state index >= 15 is 0 Å². The zero-order chi connectivity index (χ0) is 26.5. The van der Waals surface area contributed by atoms with Gasteiger partial charge in [0, 0.05) is 26.0 Å². The molecule has 0 saturated carbocycles. The molecular weight excluding hydrogens is 630 g/mol. The number of amides is 1. The van der Waals surface area contributed by atoms with Crippen LogP contribution in [0.5, 0.6) is 5.75 Å². The van der Waals surface area contributed by atoms with Crippen molar-refractivity contribution in [3.63, 3.8) is 0 Å². The molecule has 1 aromatic heterocycles. The van der Waals surface area contributed by atoms with Crippen LogP contribution in [0.25, 0.3) is 22.2 Å². The number of ether oxygens (including phenoxy) is 1. The maximum Gasteiger partial charge on any atom is 0.272 e. The zero-order valence-electron chi connectivity index (χ0n) is 19.9. The van der Waals surface area contributed by atoms with E-state index < -0.39 is 0 Å². The first-order valence-corrected chi connectivity index (χ1v) is 13.6. The molecule has 0 aliphatic carbocycles. The van der Waals surface area contributed by atoms with Crippen LogP contribution in [-0.4, -0.2) is 17.1 Å².